The van der Waals surface area contributed by atoms with E-state index in [1.807, 2.05) is 0 Å². The molecule has 0 aromatic rings. The zero-order valence-electron chi connectivity index (χ0n) is 6.69. The van der Waals surface area contributed by atoms with E-state index >= 15 is 0 Å². The first kappa shape index (κ1) is 8.77. The highest BCUT2D eigenvalue weighted by atomic mass is 16.4. The Bertz CT molecular complexity index is 224. The smallest absolute Gasteiger partial charge is 0.407 e. The first-order valence-corrected chi connectivity index (χ1v) is 3.80. The molecule has 1 aliphatic heterocycles. The van der Waals surface area contributed by atoms with E-state index in [2.05, 4.69) is 6.58 Å². The predicted octanol–water partition coefficient (Wildman–Crippen LogP) is 0.884. The molecule has 0 unspecified atom stereocenters. The van der Waals surface area contributed by atoms with Crippen LogP contribution >= 0.6 is 0 Å². The third-order valence-electron chi connectivity index (χ3n) is 2.08. The molecule has 1 atom stereocenters. The summed E-state index contributed by atoms with van der Waals surface area (Å²) in [4.78, 5) is 22.2. The molecule has 66 valence electrons. The summed E-state index contributed by atoms with van der Waals surface area (Å²) >= 11 is 0. The lowest BCUT2D eigenvalue weighted by Crippen LogP contribution is -2.35. The average Bonchev–Trinajstić information content (AvgIpc) is 2.50. The van der Waals surface area contributed by atoms with E-state index in [1.165, 1.54) is 4.90 Å². The lowest BCUT2D eigenvalue weighted by Gasteiger charge is -2.20. The molecule has 0 aromatic heterocycles. The van der Waals surface area contributed by atoms with Crippen molar-refractivity contribution in [3.05, 3.63) is 12.2 Å². The molecule has 4 heteroatoms. The van der Waals surface area contributed by atoms with Gasteiger partial charge in [-0.3, -0.25) is 4.79 Å². The van der Waals surface area contributed by atoms with Gasteiger partial charge in [0.05, 0.1) is 6.04 Å². The fourth-order valence-electron chi connectivity index (χ4n) is 1.46. The SMILES string of the molecule is C=C(C=O)[C@@H]1CCCN1C(=O)O. The number of amides is 1. The number of hydrogen-bond acceptors (Lipinski definition) is 2. The quantitative estimate of drug-likeness (QED) is 0.493. The first-order valence-electron chi connectivity index (χ1n) is 3.80. The van der Waals surface area contributed by atoms with Gasteiger partial charge in [-0.05, 0) is 12.8 Å². The number of aldehydes is 1. The maximum absolute atomic E-state index is 10.6. The Morgan fingerprint density at radius 3 is 2.83 bits per heavy atom. The van der Waals surface area contributed by atoms with Gasteiger partial charge in [-0.15, -0.1) is 0 Å². The van der Waals surface area contributed by atoms with Gasteiger partial charge in [0.1, 0.15) is 6.29 Å². The van der Waals surface area contributed by atoms with E-state index in [9.17, 15) is 9.59 Å². The summed E-state index contributed by atoms with van der Waals surface area (Å²) in [5.41, 5.74) is 0.356. The molecule has 4 nitrogen and oxygen atoms in total. The molecular formula is C8H11NO3. The normalized spacial score (nSPS) is 22.3. The van der Waals surface area contributed by atoms with Gasteiger partial charge >= 0.3 is 6.09 Å². The van der Waals surface area contributed by atoms with Crippen molar-refractivity contribution < 1.29 is 14.7 Å². The zero-order valence-corrected chi connectivity index (χ0v) is 6.69. The van der Waals surface area contributed by atoms with E-state index < -0.39 is 6.09 Å². The maximum atomic E-state index is 10.6. The van der Waals surface area contributed by atoms with Crippen LogP contribution in [0.5, 0.6) is 0 Å². The monoisotopic (exact) mass is 169 g/mol. The molecule has 1 fully saturated rings. The second-order valence-corrected chi connectivity index (χ2v) is 2.83. The molecule has 1 N–H and O–H groups in total. The summed E-state index contributed by atoms with van der Waals surface area (Å²) in [5, 5.41) is 8.70. The summed E-state index contributed by atoms with van der Waals surface area (Å²) in [6, 6.07) is -0.292. The van der Waals surface area contributed by atoms with Crippen LogP contribution in [0.15, 0.2) is 12.2 Å². The number of rotatable bonds is 2. The van der Waals surface area contributed by atoms with Crippen LogP contribution in [-0.4, -0.2) is 35.0 Å². The summed E-state index contributed by atoms with van der Waals surface area (Å²) in [6.45, 7) is 4.02. The van der Waals surface area contributed by atoms with Gasteiger partial charge in [0.2, 0.25) is 0 Å². The van der Waals surface area contributed by atoms with Crippen molar-refractivity contribution in [3.63, 3.8) is 0 Å². The van der Waals surface area contributed by atoms with Gasteiger partial charge in [0, 0.05) is 12.1 Å². The Morgan fingerprint density at radius 2 is 2.33 bits per heavy atom. The molecule has 1 heterocycles. The van der Waals surface area contributed by atoms with Crippen molar-refractivity contribution >= 4 is 12.4 Å². The second-order valence-electron chi connectivity index (χ2n) is 2.83. The van der Waals surface area contributed by atoms with Crippen molar-refractivity contribution in [2.75, 3.05) is 6.54 Å². The van der Waals surface area contributed by atoms with Gasteiger partial charge < -0.3 is 10.0 Å². The molecule has 0 aliphatic carbocycles. The highest BCUT2D eigenvalue weighted by molar-refractivity contribution is 5.77. The highest BCUT2D eigenvalue weighted by Gasteiger charge is 2.29. The first-order chi connectivity index (χ1) is 5.66. The number of likely N-dealkylation sites (tertiary alicyclic amines) is 1. The minimum Gasteiger partial charge on any atom is -0.465 e. The van der Waals surface area contributed by atoms with Crippen molar-refractivity contribution in [1.29, 1.82) is 0 Å². The minimum absolute atomic E-state index is 0.292. The predicted molar refractivity (Wildman–Crippen MR) is 43.0 cm³/mol. The fraction of sp³-hybridized carbons (Fsp3) is 0.500. The van der Waals surface area contributed by atoms with E-state index in [1.54, 1.807) is 0 Å². The van der Waals surface area contributed by atoms with Crippen molar-refractivity contribution in [2.24, 2.45) is 0 Å². The van der Waals surface area contributed by atoms with Crippen LogP contribution < -0.4 is 0 Å². The zero-order chi connectivity index (χ0) is 9.14. The summed E-state index contributed by atoms with van der Waals surface area (Å²) in [6.07, 6.45) is 1.18. The number of hydrogen-bond donors (Lipinski definition) is 1. The molecule has 1 amide bonds. The van der Waals surface area contributed by atoms with Crippen LogP contribution in [0.1, 0.15) is 12.8 Å². The van der Waals surface area contributed by atoms with Crippen LogP contribution in [0.25, 0.3) is 0 Å². The number of carbonyl (C=O) groups excluding carboxylic acids is 1. The largest absolute Gasteiger partial charge is 0.465 e. The van der Waals surface area contributed by atoms with E-state index in [0.29, 0.717) is 24.8 Å². The molecule has 0 spiro atoms. The van der Waals surface area contributed by atoms with Gasteiger partial charge in [-0.2, -0.15) is 0 Å². The Hall–Kier alpha value is -1.32. The van der Waals surface area contributed by atoms with Gasteiger partial charge in [-0.1, -0.05) is 6.58 Å². The van der Waals surface area contributed by atoms with Crippen LogP contribution in [0.3, 0.4) is 0 Å². The Kier molecular flexibility index (Phi) is 2.47. The third kappa shape index (κ3) is 1.47. The van der Waals surface area contributed by atoms with Crippen molar-refractivity contribution in [1.82, 2.24) is 4.90 Å². The topological polar surface area (TPSA) is 57.6 Å². The number of nitrogens with zero attached hydrogens (tertiary/aromatic N) is 1. The Morgan fingerprint density at radius 1 is 1.67 bits per heavy atom. The molecule has 1 rings (SSSR count). The molecule has 1 saturated heterocycles. The third-order valence-corrected chi connectivity index (χ3v) is 2.08. The van der Waals surface area contributed by atoms with Crippen LogP contribution in [0.2, 0.25) is 0 Å². The lowest BCUT2D eigenvalue weighted by molar-refractivity contribution is -0.105. The standard InChI is InChI=1S/C8H11NO3/c1-6(5-10)7-3-2-4-9(7)8(11)12/h5,7H,1-4H2,(H,11,12)/t7-/m0/s1. The molecule has 0 bridgehead atoms. The Balaban J connectivity index is 2.69. The highest BCUT2D eigenvalue weighted by Crippen LogP contribution is 2.21. The molecule has 12 heavy (non-hydrogen) atoms. The average molecular weight is 169 g/mol. The molecule has 0 radical (unpaired) electrons. The van der Waals surface area contributed by atoms with Crippen molar-refractivity contribution in [3.8, 4) is 0 Å². The summed E-state index contributed by atoms with van der Waals surface area (Å²) in [7, 11) is 0. The number of carbonyl (C=O) groups is 2. The minimum atomic E-state index is -0.972. The Labute approximate surface area is 70.5 Å². The van der Waals surface area contributed by atoms with Crippen LogP contribution in [0.4, 0.5) is 4.79 Å². The molecule has 0 saturated carbocycles. The van der Waals surface area contributed by atoms with Gasteiger partial charge in [-0.25, -0.2) is 4.79 Å². The lowest BCUT2D eigenvalue weighted by atomic mass is 10.1. The van der Waals surface area contributed by atoms with E-state index in [0.717, 1.165) is 6.42 Å². The van der Waals surface area contributed by atoms with Crippen molar-refractivity contribution in [2.45, 2.75) is 18.9 Å². The fourth-order valence-corrected chi connectivity index (χ4v) is 1.46. The van der Waals surface area contributed by atoms with Crippen LogP contribution in [-0.2, 0) is 4.79 Å². The van der Waals surface area contributed by atoms with Gasteiger partial charge in [0.15, 0.2) is 0 Å². The van der Waals surface area contributed by atoms with Crippen LogP contribution in [0, 0.1) is 0 Å². The number of carboxylic acid groups (broad SMARTS) is 1. The summed E-state index contributed by atoms with van der Waals surface area (Å²) < 4.78 is 0. The second kappa shape index (κ2) is 3.38. The molecular weight excluding hydrogens is 158 g/mol. The van der Waals surface area contributed by atoms with E-state index in [4.69, 9.17) is 5.11 Å². The van der Waals surface area contributed by atoms with Gasteiger partial charge in [0.25, 0.3) is 0 Å². The molecule has 0 aromatic carbocycles. The maximum Gasteiger partial charge on any atom is 0.407 e. The molecule has 1 aliphatic rings. The summed E-state index contributed by atoms with van der Waals surface area (Å²) in [5.74, 6) is 0. The van der Waals surface area contributed by atoms with E-state index in [-0.39, 0.29) is 6.04 Å².